The minimum atomic E-state index is -0.764. The third kappa shape index (κ3) is 57.5. The highest BCUT2D eigenvalue weighted by Crippen LogP contribution is 2.19. The fourth-order valence-corrected chi connectivity index (χ4v) is 10.0. The van der Waals surface area contributed by atoms with Gasteiger partial charge < -0.3 is 14.2 Å². The van der Waals surface area contributed by atoms with E-state index in [2.05, 4.69) is 41.5 Å². The van der Waals surface area contributed by atoms with Crippen LogP contribution in [0.3, 0.4) is 0 Å². The van der Waals surface area contributed by atoms with Crippen molar-refractivity contribution >= 4 is 17.9 Å². The molecule has 0 aromatic carbocycles. The minimum Gasteiger partial charge on any atom is -0.462 e. The molecule has 0 N–H and O–H groups in total. The van der Waals surface area contributed by atoms with Crippen LogP contribution in [-0.2, 0) is 28.6 Å². The molecule has 0 heterocycles. The Hall–Kier alpha value is -1.59. The van der Waals surface area contributed by atoms with Gasteiger partial charge in [0.25, 0.3) is 0 Å². The number of esters is 3. The first-order chi connectivity index (χ1) is 34.6. The second kappa shape index (κ2) is 56.1. The van der Waals surface area contributed by atoms with E-state index >= 15 is 0 Å². The van der Waals surface area contributed by atoms with Gasteiger partial charge in [0.05, 0.1) is 0 Å². The molecular weight excluding hydrogens is 877 g/mol. The van der Waals surface area contributed by atoms with E-state index in [9.17, 15) is 14.4 Å². The normalized spacial score (nSPS) is 12.5. The molecule has 0 rings (SSSR count). The molecular formula is C65H126O6. The van der Waals surface area contributed by atoms with Crippen LogP contribution < -0.4 is 0 Å². The van der Waals surface area contributed by atoms with Crippen molar-refractivity contribution in [3.63, 3.8) is 0 Å². The topological polar surface area (TPSA) is 78.9 Å². The van der Waals surface area contributed by atoms with Gasteiger partial charge in [-0.05, 0) is 37.0 Å². The van der Waals surface area contributed by atoms with Crippen molar-refractivity contribution < 1.29 is 28.6 Å². The lowest BCUT2D eigenvalue weighted by molar-refractivity contribution is -0.167. The first-order valence-corrected chi connectivity index (χ1v) is 32.1. The summed E-state index contributed by atoms with van der Waals surface area (Å²) in [7, 11) is 0. The number of hydrogen-bond donors (Lipinski definition) is 0. The molecule has 6 nitrogen and oxygen atoms in total. The highest BCUT2D eigenvalue weighted by atomic mass is 16.6. The third-order valence-electron chi connectivity index (χ3n) is 15.3. The fourth-order valence-electron chi connectivity index (χ4n) is 10.0. The highest BCUT2D eigenvalue weighted by molar-refractivity contribution is 5.71. The summed E-state index contributed by atoms with van der Waals surface area (Å²) in [6.07, 6.45) is 61.0. The van der Waals surface area contributed by atoms with Crippen LogP contribution in [0.2, 0.25) is 0 Å². The molecule has 0 aliphatic carbocycles. The van der Waals surface area contributed by atoms with Crippen LogP contribution in [0.1, 0.15) is 363 Å². The SMILES string of the molecule is CCC(C)CCCCCCCCCCCCCCCCCCCCC(=O)OC[C@H](COC(=O)CCCCCCCCCCCCCC(C)C)OC(=O)CCCCCCCCCCCCCCCCC(C)C. The Kier molecular flexibility index (Phi) is 54.9. The monoisotopic (exact) mass is 1000 g/mol. The van der Waals surface area contributed by atoms with E-state index in [1.54, 1.807) is 0 Å². The second-order valence-corrected chi connectivity index (χ2v) is 23.6. The Morgan fingerprint density at radius 1 is 0.282 bits per heavy atom. The summed E-state index contributed by atoms with van der Waals surface area (Å²) in [6.45, 7) is 13.8. The molecule has 0 fully saturated rings. The van der Waals surface area contributed by atoms with Gasteiger partial charge >= 0.3 is 17.9 Å². The highest BCUT2D eigenvalue weighted by Gasteiger charge is 2.19. The molecule has 0 saturated carbocycles. The molecule has 0 aromatic rings. The summed E-state index contributed by atoms with van der Waals surface area (Å²) in [4.78, 5) is 38.3. The number of ether oxygens (including phenoxy) is 3. The molecule has 0 bridgehead atoms. The molecule has 0 saturated heterocycles. The van der Waals surface area contributed by atoms with E-state index in [1.807, 2.05) is 0 Å². The van der Waals surface area contributed by atoms with Crippen molar-refractivity contribution in [1.29, 1.82) is 0 Å². The smallest absolute Gasteiger partial charge is 0.306 e. The van der Waals surface area contributed by atoms with Crippen LogP contribution in [0.4, 0.5) is 0 Å². The van der Waals surface area contributed by atoms with Gasteiger partial charge in [0.2, 0.25) is 0 Å². The summed E-state index contributed by atoms with van der Waals surface area (Å²) in [5.74, 6) is 1.74. The van der Waals surface area contributed by atoms with Crippen molar-refractivity contribution in [2.75, 3.05) is 13.2 Å². The standard InChI is InChI=1S/C65H126O6/c1-7-61(6)53-47-41-35-29-23-17-12-10-8-9-11-13-18-24-30-36-42-48-54-63(66)69-57-62(58-70-64(67)55-49-43-37-31-26-20-22-28-34-40-46-52-60(4)5)71-65(68)56-50-44-38-32-25-19-15-14-16-21-27-33-39-45-51-59(2)3/h59-62H,7-58H2,1-6H3/t61?,62-/m1/s1. The van der Waals surface area contributed by atoms with Gasteiger partial charge in [-0.25, -0.2) is 0 Å². The van der Waals surface area contributed by atoms with Crippen molar-refractivity contribution in [2.45, 2.75) is 369 Å². The van der Waals surface area contributed by atoms with Gasteiger partial charge in [0.1, 0.15) is 13.2 Å². The zero-order valence-corrected chi connectivity index (χ0v) is 49.0. The van der Waals surface area contributed by atoms with E-state index in [0.717, 1.165) is 75.5 Å². The lowest BCUT2D eigenvalue weighted by Crippen LogP contribution is -2.30. The van der Waals surface area contributed by atoms with E-state index in [-0.39, 0.29) is 31.1 Å². The minimum absolute atomic E-state index is 0.0627. The summed E-state index contributed by atoms with van der Waals surface area (Å²) >= 11 is 0. The molecule has 0 radical (unpaired) electrons. The van der Waals surface area contributed by atoms with Crippen LogP contribution in [-0.4, -0.2) is 37.2 Å². The first-order valence-electron chi connectivity index (χ1n) is 32.1. The lowest BCUT2D eigenvalue weighted by Gasteiger charge is -2.18. The molecule has 6 heteroatoms. The number of unbranched alkanes of at least 4 members (excludes halogenated alkanes) is 40. The average molecular weight is 1000 g/mol. The number of hydrogen-bond acceptors (Lipinski definition) is 6. The van der Waals surface area contributed by atoms with Crippen LogP contribution >= 0.6 is 0 Å². The maximum absolute atomic E-state index is 12.9. The van der Waals surface area contributed by atoms with Crippen LogP contribution in [0.25, 0.3) is 0 Å². The lowest BCUT2D eigenvalue weighted by atomic mass is 9.99. The van der Waals surface area contributed by atoms with Gasteiger partial charge in [0.15, 0.2) is 6.10 Å². The van der Waals surface area contributed by atoms with Gasteiger partial charge in [-0.15, -0.1) is 0 Å². The molecule has 0 aromatic heterocycles. The fraction of sp³-hybridized carbons (Fsp3) is 0.954. The summed E-state index contributed by atoms with van der Waals surface area (Å²) in [6, 6.07) is 0. The maximum atomic E-state index is 12.9. The molecule has 422 valence electrons. The molecule has 1 unspecified atom stereocenters. The second-order valence-electron chi connectivity index (χ2n) is 23.6. The molecule has 2 atom stereocenters. The van der Waals surface area contributed by atoms with Gasteiger partial charge in [0, 0.05) is 19.3 Å². The molecule has 0 aliphatic heterocycles. The van der Waals surface area contributed by atoms with Crippen LogP contribution in [0.5, 0.6) is 0 Å². The van der Waals surface area contributed by atoms with Crippen molar-refractivity contribution in [1.82, 2.24) is 0 Å². The maximum Gasteiger partial charge on any atom is 0.306 e. The Morgan fingerprint density at radius 2 is 0.493 bits per heavy atom. The number of rotatable bonds is 58. The number of carbonyl (C=O) groups excluding carboxylic acids is 3. The Morgan fingerprint density at radius 3 is 0.732 bits per heavy atom. The Balaban J connectivity index is 4.26. The molecule has 0 aliphatic rings. The quantitative estimate of drug-likeness (QED) is 0.0343. The average Bonchev–Trinajstić information content (AvgIpc) is 3.35. The molecule has 0 amide bonds. The van der Waals surface area contributed by atoms with Crippen molar-refractivity contribution in [3.8, 4) is 0 Å². The summed E-state index contributed by atoms with van der Waals surface area (Å²) in [5.41, 5.74) is 0. The van der Waals surface area contributed by atoms with E-state index in [0.29, 0.717) is 19.3 Å². The van der Waals surface area contributed by atoms with Gasteiger partial charge in [-0.1, -0.05) is 324 Å². The summed E-state index contributed by atoms with van der Waals surface area (Å²) in [5, 5.41) is 0. The predicted octanol–water partition coefficient (Wildman–Crippen LogP) is 21.5. The predicted molar refractivity (Wildman–Crippen MR) is 307 cm³/mol. The van der Waals surface area contributed by atoms with Crippen LogP contribution in [0, 0.1) is 17.8 Å². The van der Waals surface area contributed by atoms with Crippen molar-refractivity contribution in [2.24, 2.45) is 17.8 Å². The van der Waals surface area contributed by atoms with E-state index in [1.165, 1.54) is 244 Å². The molecule has 0 spiro atoms. The largest absolute Gasteiger partial charge is 0.462 e. The Bertz CT molecular complexity index is 1100. The third-order valence-corrected chi connectivity index (χ3v) is 15.3. The summed E-state index contributed by atoms with van der Waals surface area (Å²) < 4.78 is 17.0. The van der Waals surface area contributed by atoms with Gasteiger partial charge in [-0.2, -0.15) is 0 Å². The van der Waals surface area contributed by atoms with Crippen molar-refractivity contribution in [3.05, 3.63) is 0 Å². The first kappa shape index (κ1) is 69.4. The molecule has 71 heavy (non-hydrogen) atoms. The zero-order chi connectivity index (χ0) is 51.9. The van der Waals surface area contributed by atoms with Gasteiger partial charge in [-0.3, -0.25) is 14.4 Å². The number of carbonyl (C=O) groups is 3. The Labute approximate surface area is 444 Å². The van der Waals surface area contributed by atoms with E-state index in [4.69, 9.17) is 14.2 Å². The van der Waals surface area contributed by atoms with E-state index < -0.39 is 6.10 Å². The zero-order valence-electron chi connectivity index (χ0n) is 49.0. The van der Waals surface area contributed by atoms with Crippen LogP contribution in [0.15, 0.2) is 0 Å².